The predicted octanol–water partition coefficient (Wildman–Crippen LogP) is 3.61. The van der Waals surface area contributed by atoms with Gasteiger partial charge in [0.1, 0.15) is 0 Å². The van der Waals surface area contributed by atoms with E-state index >= 15 is 0 Å². The number of rotatable bonds is 4. The lowest BCUT2D eigenvalue weighted by Crippen LogP contribution is -2.41. The first-order chi connectivity index (χ1) is 9.98. The largest absolute Gasteiger partial charge is 0.345 e. The topological polar surface area (TPSA) is 35.5 Å². The Morgan fingerprint density at radius 1 is 1.19 bits per heavy atom. The van der Waals surface area contributed by atoms with E-state index in [9.17, 15) is 4.79 Å². The van der Waals surface area contributed by atoms with Gasteiger partial charge in [0.2, 0.25) is 12.1 Å². The molecule has 1 aliphatic rings. The number of benzene rings is 1. The molecule has 0 bridgehead atoms. The van der Waals surface area contributed by atoms with Crippen molar-refractivity contribution >= 4 is 11.9 Å². The molecule has 0 aromatic heterocycles. The molecule has 0 spiro atoms. The molecule has 0 saturated carbocycles. The van der Waals surface area contributed by atoms with E-state index in [2.05, 4.69) is 13.8 Å². The van der Waals surface area contributed by atoms with E-state index in [1.807, 2.05) is 42.5 Å². The van der Waals surface area contributed by atoms with Gasteiger partial charge in [-0.25, -0.2) is 0 Å². The van der Waals surface area contributed by atoms with Crippen molar-refractivity contribution in [3.8, 4) is 0 Å². The van der Waals surface area contributed by atoms with Crippen LogP contribution in [0, 0.1) is 5.41 Å². The minimum atomic E-state index is -0.764. The van der Waals surface area contributed by atoms with Crippen molar-refractivity contribution in [2.75, 3.05) is 13.2 Å². The zero-order valence-electron chi connectivity index (χ0n) is 12.8. The summed E-state index contributed by atoms with van der Waals surface area (Å²) in [5, 5.41) is 0. The molecule has 3 nitrogen and oxygen atoms in total. The number of carbonyl (C=O) groups is 1. The van der Waals surface area contributed by atoms with Gasteiger partial charge in [-0.2, -0.15) is 0 Å². The van der Waals surface area contributed by atoms with Gasteiger partial charge in [0.25, 0.3) is 0 Å². The van der Waals surface area contributed by atoms with Crippen LogP contribution in [0.4, 0.5) is 0 Å². The molecule has 21 heavy (non-hydrogen) atoms. The van der Waals surface area contributed by atoms with Crippen molar-refractivity contribution in [3.05, 3.63) is 53.6 Å². The smallest absolute Gasteiger partial charge is 0.222 e. The van der Waals surface area contributed by atoms with Crippen LogP contribution in [0.3, 0.4) is 0 Å². The molecule has 112 valence electrons. The third-order valence-corrected chi connectivity index (χ3v) is 3.29. The molecule has 0 amide bonds. The van der Waals surface area contributed by atoms with Crippen molar-refractivity contribution in [1.82, 2.24) is 0 Å². The van der Waals surface area contributed by atoms with Gasteiger partial charge in [0, 0.05) is 5.41 Å². The fourth-order valence-corrected chi connectivity index (χ4v) is 1.98. The average Bonchev–Trinajstić information content (AvgIpc) is 2.47. The van der Waals surface area contributed by atoms with Crippen molar-refractivity contribution in [1.29, 1.82) is 0 Å². The zero-order valence-corrected chi connectivity index (χ0v) is 12.8. The first kappa shape index (κ1) is 15.7. The molecule has 0 atom stereocenters. The number of ketones is 1. The molecular weight excluding hydrogens is 264 g/mol. The highest BCUT2D eigenvalue weighted by Crippen LogP contribution is 2.24. The zero-order chi connectivity index (χ0) is 15.3. The molecule has 1 heterocycles. The van der Waals surface area contributed by atoms with E-state index in [4.69, 9.17) is 9.47 Å². The monoisotopic (exact) mass is 286 g/mol. The van der Waals surface area contributed by atoms with E-state index in [0.29, 0.717) is 18.8 Å². The molecule has 3 heteroatoms. The summed E-state index contributed by atoms with van der Waals surface area (Å²) < 4.78 is 11.0. The second-order valence-corrected chi connectivity index (χ2v) is 6.10. The van der Waals surface area contributed by atoms with Gasteiger partial charge in [-0.05, 0) is 18.1 Å². The second kappa shape index (κ2) is 6.83. The third-order valence-electron chi connectivity index (χ3n) is 3.29. The molecule has 1 aliphatic heterocycles. The summed E-state index contributed by atoms with van der Waals surface area (Å²) in [7, 11) is 0. The fourth-order valence-electron chi connectivity index (χ4n) is 1.98. The third kappa shape index (κ3) is 4.66. The maximum Gasteiger partial charge on any atom is 0.222 e. The molecule has 0 N–H and O–H groups in total. The molecule has 0 aliphatic carbocycles. The summed E-state index contributed by atoms with van der Waals surface area (Å²) in [5.74, 6) is -0.108. The molecular formula is C18H22O3. The van der Waals surface area contributed by atoms with Crippen LogP contribution in [0.25, 0.3) is 6.08 Å². The maximum atomic E-state index is 12.2. The van der Waals surface area contributed by atoms with Crippen molar-refractivity contribution < 1.29 is 14.3 Å². The van der Waals surface area contributed by atoms with Crippen LogP contribution in [0.5, 0.6) is 0 Å². The van der Waals surface area contributed by atoms with Crippen LogP contribution in [-0.2, 0) is 14.3 Å². The highest BCUT2D eigenvalue weighted by Gasteiger charge is 2.32. The fraction of sp³-hybridized carbons (Fsp3) is 0.389. The summed E-state index contributed by atoms with van der Waals surface area (Å²) in [6.45, 7) is 6.97. The first-order valence-electron chi connectivity index (χ1n) is 7.15. The summed E-state index contributed by atoms with van der Waals surface area (Å²) in [5.41, 5.74) is 1.70. The molecule has 2 rings (SSSR count). The molecule has 1 fully saturated rings. The van der Waals surface area contributed by atoms with E-state index in [1.165, 1.54) is 0 Å². The van der Waals surface area contributed by atoms with Crippen molar-refractivity contribution in [3.63, 3.8) is 0 Å². The lowest BCUT2D eigenvalue weighted by molar-refractivity contribution is -0.215. The van der Waals surface area contributed by atoms with Crippen LogP contribution in [0.2, 0.25) is 0 Å². The number of Topliss-reactive ketones (excluding diaryl/α,β-unsaturated/α-hetero) is 1. The van der Waals surface area contributed by atoms with E-state index in [1.54, 1.807) is 13.0 Å². The molecule has 0 unspecified atom stereocenters. The Morgan fingerprint density at radius 2 is 1.81 bits per heavy atom. The maximum absolute atomic E-state index is 12.2. The van der Waals surface area contributed by atoms with Gasteiger partial charge in [-0.15, -0.1) is 0 Å². The Labute approximate surface area is 126 Å². The van der Waals surface area contributed by atoms with Gasteiger partial charge in [0.05, 0.1) is 13.2 Å². The second-order valence-electron chi connectivity index (χ2n) is 6.10. The average molecular weight is 286 g/mol. The van der Waals surface area contributed by atoms with Crippen LogP contribution >= 0.6 is 0 Å². The normalized spacial score (nSPS) is 19.9. The highest BCUT2D eigenvalue weighted by molar-refractivity contribution is 5.97. The summed E-state index contributed by atoms with van der Waals surface area (Å²) in [6.07, 6.45) is 4.86. The van der Waals surface area contributed by atoms with Crippen molar-refractivity contribution in [2.24, 2.45) is 5.41 Å². The minimum absolute atomic E-state index is 0.0262. The molecule has 1 saturated heterocycles. The number of hydrogen-bond donors (Lipinski definition) is 0. The number of allylic oxidation sites excluding steroid dienone is 2. The van der Waals surface area contributed by atoms with Gasteiger partial charge >= 0.3 is 0 Å². The Hall–Kier alpha value is -1.71. The Kier molecular flexibility index (Phi) is 5.10. The Bertz CT molecular complexity index is 531. The van der Waals surface area contributed by atoms with Crippen LogP contribution < -0.4 is 0 Å². The van der Waals surface area contributed by atoms with Crippen LogP contribution in [0.15, 0.2) is 48.1 Å². The van der Waals surface area contributed by atoms with Gasteiger partial charge < -0.3 is 9.47 Å². The van der Waals surface area contributed by atoms with E-state index < -0.39 is 6.29 Å². The Balaban J connectivity index is 1.93. The molecule has 1 aromatic carbocycles. The van der Waals surface area contributed by atoms with Gasteiger partial charge in [-0.3, -0.25) is 4.79 Å². The van der Waals surface area contributed by atoms with E-state index in [0.717, 1.165) is 5.56 Å². The summed E-state index contributed by atoms with van der Waals surface area (Å²) in [6, 6.07) is 9.95. The first-order valence-corrected chi connectivity index (χ1v) is 7.15. The van der Waals surface area contributed by atoms with Gasteiger partial charge in [0.15, 0.2) is 0 Å². The lowest BCUT2D eigenvalue weighted by Gasteiger charge is -2.33. The predicted molar refractivity (Wildman–Crippen MR) is 83.7 cm³/mol. The van der Waals surface area contributed by atoms with E-state index in [-0.39, 0.29) is 11.2 Å². The number of hydrogen-bond acceptors (Lipinski definition) is 3. The lowest BCUT2D eigenvalue weighted by atomic mass is 9.95. The minimum Gasteiger partial charge on any atom is -0.345 e. The Morgan fingerprint density at radius 3 is 2.43 bits per heavy atom. The summed E-state index contributed by atoms with van der Waals surface area (Å²) >= 11 is 0. The molecule has 0 radical (unpaired) electrons. The van der Waals surface area contributed by atoms with Gasteiger partial charge in [-0.1, -0.05) is 62.4 Å². The molecule has 1 aromatic rings. The van der Waals surface area contributed by atoms with Crippen molar-refractivity contribution in [2.45, 2.75) is 27.1 Å². The standard InChI is InChI=1S/C18H22O3/c1-14(8-7-11-15-9-5-4-6-10-15)16(19)17-20-12-18(2,3)13-21-17/h4-11,17H,12-13H2,1-3H3/b11-7+,14-8+. The quantitative estimate of drug-likeness (QED) is 0.626. The SMILES string of the molecule is C/C(=C\C=C\c1ccccc1)C(=O)C1OCC(C)(C)CO1. The number of carbonyl (C=O) groups excluding carboxylic acids is 1. The summed E-state index contributed by atoms with van der Waals surface area (Å²) in [4.78, 5) is 12.2. The number of ether oxygens (including phenoxy) is 2. The van der Waals surface area contributed by atoms with Crippen LogP contribution in [0.1, 0.15) is 26.3 Å². The highest BCUT2D eigenvalue weighted by atomic mass is 16.7. The van der Waals surface area contributed by atoms with Crippen LogP contribution in [-0.4, -0.2) is 25.3 Å².